The molecule has 0 saturated carbocycles. The van der Waals surface area contributed by atoms with Crippen molar-refractivity contribution in [2.75, 3.05) is 19.6 Å². The van der Waals surface area contributed by atoms with Crippen LogP contribution in [0.25, 0.3) is 0 Å². The summed E-state index contributed by atoms with van der Waals surface area (Å²) in [6, 6.07) is 4.58. The van der Waals surface area contributed by atoms with Gasteiger partial charge in [0.1, 0.15) is 6.54 Å². The molecule has 0 aliphatic carbocycles. The van der Waals surface area contributed by atoms with Crippen LogP contribution in [-0.2, 0) is 4.79 Å². The van der Waals surface area contributed by atoms with Crippen LogP contribution >= 0.6 is 11.6 Å². The molecule has 0 unspecified atom stereocenters. The van der Waals surface area contributed by atoms with Crippen molar-refractivity contribution in [2.24, 2.45) is 0 Å². The summed E-state index contributed by atoms with van der Waals surface area (Å²) >= 11 is 5.85. The standard InChI is InChI=1S/C15H15ClN2O3/c16-10-4-5-11-12(8-10)15(21)18(14(11)20)9-13(19)17-6-2-1-3-7-17/h4-5,8H,1-3,6-7,9H2. The molecule has 2 aliphatic rings. The van der Waals surface area contributed by atoms with Gasteiger partial charge in [0.15, 0.2) is 0 Å². The van der Waals surface area contributed by atoms with Crippen molar-refractivity contribution in [3.8, 4) is 0 Å². The topological polar surface area (TPSA) is 57.7 Å². The van der Waals surface area contributed by atoms with E-state index in [1.165, 1.54) is 12.1 Å². The zero-order chi connectivity index (χ0) is 15.0. The number of nitrogens with zero attached hydrogens (tertiary/aromatic N) is 2. The van der Waals surface area contributed by atoms with Crippen LogP contribution < -0.4 is 0 Å². The number of rotatable bonds is 2. The maximum Gasteiger partial charge on any atom is 0.262 e. The maximum absolute atomic E-state index is 12.3. The molecule has 1 saturated heterocycles. The van der Waals surface area contributed by atoms with E-state index in [0.717, 1.165) is 24.2 Å². The lowest BCUT2D eigenvalue weighted by atomic mass is 10.1. The number of halogens is 1. The van der Waals surface area contributed by atoms with Gasteiger partial charge in [-0.15, -0.1) is 0 Å². The van der Waals surface area contributed by atoms with E-state index >= 15 is 0 Å². The molecule has 0 radical (unpaired) electrons. The van der Waals surface area contributed by atoms with E-state index in [0.29, 0.717) is 23.7 Å². The second-order valence-electron chi connectivity index (χ2n) is 5.33. The van der Waals surface area contributed by atoms with Crippen LogP contribution in [-0.4, -0.2) is 47.2 Å². The largest absolute Gasteiger partial charge is 0.341 e. The molecule has 110 valence electrons. The zero-order valence-electron chi connectivity index (χ0n) is 11.5. The number of fused-ring (bicyclic) bond motifs is 1. The van der Waals surface area contributed by atoms with Gasteiger partial charge in [0, 0.05) is 18.1 Å². The molecule has 2 heterocycles. The predicted octanol–water partition coefficient (Wildman–Crippen LogP) is 1.95. The van der Waals surface area contributed by atoms with Crippen molar-refractivity contribution in [1.29, 1.82) is 0 Å². The summed E-state index contributed by atoms with van der Waals surface area (Å²) in [4.78, 5) is 39.4. The van der Waals surface area contributed by atoms with Crippen LogP contribution in [0.3, 0.4) is 0 Å². The number of imide groups is 1. The van der Waals surface area contributed by atoms with E-state index in [-0.39, 0.29) is 18.0 Å². The van der Waals surface area contributed by atoms with E-state index in [9.17, 15) is 14.4 Å². The molecule has 1 aromatic carbocycles. The number of carbonyl (C=O) groups excluding carboxylic acids is 3. The number of carbonyl (C=O) groups is 3. The molecule has 0 aromatic heterocycles. The monoisotopic (exact) mass is 306 g/mol. The smallest absolute Gasteiger partial charge is 0.262 e. The van der Waals surface area contributed by atoms with Gasteiger partial charge in [0.05, 0.1) is 11.1 Å². The lowest BCUT2D eigenvalue weighted by Crippen LogP contribution is -2.44. The minimum absolute atomic E-state index is 0.171. The maximum atomic E-state index is 12.3. The summed E-state index contributed by atoms with van der Waals surface area (Å²) in [5.74, 6) is -1.03. The Labute approximate surface area is 127 Å². The number of benzene rings is 1. The fraction of sp³-hybridized carbons (Fsp3) is 0.400. The van der Waals surface area contributed by atoms with Crippen molar-refractivity contribution in [2.45, 2.75) is 19.3 Å². The second kappa shape index (κ2) is 5.48. The normalized spacial score (nSPS) is 18.1. The summed E-state index contributed by atoms with van der Waals surface area (Å²) in [6.45, 7) is 1.21. The van der Waals surface area contributed by atoms with E-state index < -0.39 is 11.8 Å². The van der Waals surface area contributed by atoms with Gasteiger partial charge in [-0.1, -0.05) is 11.6 Å². The highest BCUT2D eigenvalue weighted by Gasteiger charge is 2.37. The quantitative estimate of drug-likeness (QED) is 0.785. The fourth-order valence-corrected chi connectivity index (χ4v) is 2.96. The van der Waals surface area contributed by atoms with Gasteiger partial charge in [-0.05, 0) is 37.5 Å². The molecule has 0 N–H and O–H groups in total. The SMILES string of the molecule is O=C(CN1C(=O)c2ccc(Cl)cc2C1=O)N1CCCCC1. The number of piperidine rings is 1. The van der Waals surface area contributed by atoms with Crippen LogP contribution in [0.4, 0.5) is 0 Å². The molecule has 6 heteroatoms. The van der Waals surface area contributed by atoms with Crippen LogP contribution in [0.5, 0.6) is 0 Å². The Hall–Kier alpha value is -1.88. The van der Waals surface area contributed by atoms with Crippen LogP contribution in [0.1, 0.15) is 40.0 Å². The van der Waals surface area contributed by atoms with Gasteiger partial charge in [0.2, 0.25) is 5.91 Å². The van der Waals surface area contributed by atoms with E-state index in [1.54, 1.807) is 11.0 Å². The van der Waals surface area contributed by atoms with Gasteiger partial charge in [-0.3, -0.25) is 19.3 Å². The van der Waals surface area contributed by atoms with Crippen LogP contribution in [0.2, 0.25) is 5.02 Å². The Kier molecular flexibility index (Phi) is 3.68. The lowest BCUT2D eigenvalue weighted by molar-refractivity contribution is -0.132. The molecular weight excluding hydrogens is 292 g/mol. The molecule has 0 atom stereocenters. The molecule has 1 aromatic rings. The second-order valence-corrected chi connectivity index (χ2v) is 5.76. The Bertz CT molecular complexity index is 623. The molecule has 3 rings (SSSR count). The molecular formula is C15H15ClN2O3. The Morgan fingerprint density at radius 2 is 1.71 bits per heavy atom. The molecule has 1 fully saturated rings. The van der Waals surface area contributed by atoms with E-state index in [4.69, 9.17) is 11.6 Å². The average Bonchev–Trinajstić information content (AvgIpc) is 2.73. The summed E-state index contributed by atoms with van der Waals surface area (Å²) in [7, 11) is 0. The Morgan fingerprint density at radius 3 is 2.43 bits per heavy atom. The number of hydrogen-bond donors (Lipinski definition) is 0. The van der Waals surface area contributed by atoms with Gasteiger partial charge in [0.25, 0.3) is 11.8 Å². The summed E-state index contributed by atoms with van der Waals surface area (Å²) in [5, 5.41) is 0.402. The molecule has 0 spiro atoms. The summed E-state index contributed by atoms with van der Waals surface area (Å²) in [5.41, 5.74) is 0.592. The number of amides is 3. The van der Waals surface area contributed by atoms with E-state index in [1.807, 2.05) is 0 Å². The highest BCUT2D eigenvalue weighted by molar-refractivity contribution is 6.32. The van der Waals surface area contributed by atoms with Gasteiger partial charge in [-0.25, -0.2) is 0 Å². The van der Waals surface area contributed by atoms with Gasteiger partial charge < -0.3 is 4.90 Å². The van der Waals surface area contributed by atoms with Gasteiger partial charge >= 0.3 is 0 Å². The minimum atomic E-state index is -0.442. The van der Waals surface area contributed by atoms with Crippen molar-refractivity contribution in [3.05, 3.63) is 34.3 Å². The van der Waals surface area contributed by atoms with Crippen molar-refractivity contribution in [3.63, 3.8) is 0 Å². The fourth-order valence-electron chi connectivity index (χ4n) is 2.79. The third kappa shape index (κ3) is 2.53. The minimum Gasteiger partial charge on any atom is -0.341 e. The van der Waals surface area contributed by atoms with Crippen LogP contribution in [0.15, 0.2) is 18.2 Å². The third-order valence-corrected chi connectivity index (χ3v) is 4.17. The molecule has 5 nitrogen and oxygen atoms in total. The molecule has 2 aliphatic heterocycles. The van der Waals surface area contributed by atoms with E-state index in [2.05, 4.69) is 0 Å². The first-order valence-electron chi connectivity index (χ1n) is 7.01. The summed E-state index contributed by atoms with van der Waals surface area (Å²) in [6.07, 6.45) is 3.07. The zero-order valence-corrected chi connectivity index (χ0v) is 12.2. The Morgan fingerprint density at radius 1 is 1.05 bits per heavy atom. The average molecular weight is 307 g/mol. The molecule has 0 bridgehead atoms. The highest BCUT2D eigenvalue weighted by Crippen LogP contribution is 2.25. The predicted molar refractivity (Wildman–Crippen MR) is 77.3 cm³/mol. The van der Waals surface area contributed by atoms with Crippen molar-refractivity contribution in [1.82, 2.24) is 9.80 Å². The number of hydrogen-bond acceptors (Lipinski definition) is 3. The summed E-state index contributed by atoms with van der Waals surface area (Å²) < 4.78 is 0. The van der Waals surface area contributed by atoms with Gasteiger partial charge in [-0.2, -0.15) is 0 Å². The van der Waals surface area contributed by atoms with Crippen molar-refractivity contribution < 1.29 is 14.4 Å². The van der Waals surface area contributed by atoms with Crippen LogP contribution in [0, 0.1) is 0 Å². The molecule has 21 heavy (non-hydrogen) atoms. The first-order chi connectivity index (χ1) is 10.1. The molecule has 3 amide bonds. The first kappa shape index (κ1) is 14.1. The highest BCUT2D eigenvalue weighted by atomic mass is 35.5. The third-order valence-electron chi connectivity index (χ3n) is 3.93. The lowest BCUT2D eigenvalue weighted by Gasteiger charge is -2.28. The Balaban J connectivity index is 1.77. The number of likely N-dealkylation sites (tertiary alicyclic amines) is 1. The first-order valence-corrected chi connectivity index (χ1v) is 7.39. The van der Waals surface area contributed by atoms with Crippen molar-refractivity contribution >= 4 is 29.3 Å².